The summed E-state index contributed by atoms with van der Waals surface area (Å²) in [5.41, 5.74) is 0.246. The van der Waals surface area contributed by atoms with Crippen molar-refractivity contribution in [2.24, 2.45) is 0 Å². The van der Waals surface area contributed by atoms with E-state index in [0.29, 0.717) is 12.2 Å². The van der Waals surface area contributed by atoms with Crippen LogP contribution in [0.1, 0.15) is 28.8 Å². The van der Waals surface area contributed by atoms with Gasteiger partial charge in [0.25, 0.3) is 0 Å². The summed E-state index contributed by atoms with van der Waals surface area (Å²) in [6.45, 7) is -1.01. The Morgan fingerprint density at radius 3 is 2.74 bits per heavy atom. The molecule has 19 heavy (non-hydrogen) atoms. The highest BCUT2D eigenvalue weighted by atomic mass is 19.3. The van der Waals surface area contributed by atoms with Crippen molar-refractivity contribution in [3.63, 3.8) is 0 Å². The van der Waals surface area contributed by atoms with Crippen LogP contribution in [0.15, 0.2) is 40.8 Å². The SMILES string of the molecule is CCc1ccc(C(=O)c2cccc(OC(F)F)c2)o1. The van der Waals surface area contributed by atoms with Crippen molar-refractivity contribution in [2.45, 2.75) is 20.0 Å². The Hall–Kier alpha value is -2.17. The van der Waals surface area contributed by atoms with Gasteiger partial charge in [-0.05, 0) is 24.3 Å². The van der Waals surface area contributed by atoms with Gasteiger partial charge in [-0.25, -0.2) is 0 Å². The lowest BCUT2D eigenvalue weighted by Crippen LogP contribution is -2.04. The first kappa shape index (κ1) is 13.3. The molecule has 0 aliphatic heterocycles. The summed E-state index contributed by atoms with van der Waals surface area (Å²) in [5, 5.41) is 0. The minimum atomic E-state index is -2.92. The quantitative estimate of drug-likeness (QED) is 0.775. The number of furan rings is 1. The number of hydrogen-bond donors (Lipinski definition) is 0. The summed E-state index contributed by atoms with van der Waals surface area (Å²) in [5.74, 6) is 0.469. The normalized spacial score (nSPS) is 10.7. The second-order valence-corrected chi connectivity index (χ2v) is 3.85. The third kappa shape index (κ3) is 3.19. The molecule has 3 nitrogen and oxygen atoms in total. The monoisotopic (exact) mass is 266 g/mol. The molecule has 1 aromatic carbocycles. The maximum atomic E-state index is 12.1. The van der Waals surface area contributed by atoms with Crippen LogP contribution in [0.25, 0.3) is 0 Å². The van der Waals surface area contributed by atoms with Gasteiger partial charge in [-0.1, -0.05) is 19.1 Å². The standard InChI is InChI=1S/C14H12F2O3/c1-2-10-6-7-12(18-10)13(17)9-4-3-5-11(8-9)19-14(15)16/h3-8,14H,2H2,1H3. The van der Waals surface area contributed by atoms with Crippen LogP contribution in [0.4, 0.5) is 8.78 Å². The van der Waals surface area contributed by atoms with Crippen molar-refractivity contribution < 1.29 is 22.7 Å². The first-order valence-corrected chi connectivity index (χ1v) is 5.78. The Kier molecular flexibility index (Phi) is 3.94. The van der Waals surface area contributed by atoms with Crippen molar-refractivity contribution in [3.8, 4) is 5.75 Å². The van der Waals surface area contributed by atoms with E-state index < -0.39 is 6.61 Å². The van der Waals surface area contributed by atoms with Gasteiger partial charge < -0.3 is 9.15 Å². The number of ether oxygens (including phenoxy) is 1. The maximum absolute atomic E-state index is 12.1. The van der Waals surface area contributed by atoms with Crippen LogP contribution >= 0.6 is 0 Å². The minimum absolute atomic E-state index is 0.0527. The molecule has 100 valence electrons. The molecule has 0 atom stereocenters. The van der Waals surface area contributed by atoms with Crippen molar-refractivity contribution in [1.29, 1.82) is 0 Å². The van der Waals surface area contributed by atoms with E-state index in [1.807, 2.05) is 6.92 Å². The lowest BCUT2D eigenvalue weighted by molar-refractivity contribution is -0.0498. The molecular formula is C14H12F2O3. The van der Waals surface area contributed by atoms with Gasteiger partial charge in [0.2, 0.25) is 5.78 Å². The second-order valence-electron chi connectivity index (χ2n) is 3.85. The maximum Gasteiger partial charge on any atom is 0.387 e. The molecule has 1 aromatic heterocycles. The van der Waals surface area contributed by atoms with E-state index in [2.05, 4.69) is 4.74 Å². The van der Waals surface area contributed by atoms with E-state index in [1.54, 1.807) is 12.1 Å². The van der Waals surface area contributed by atoms with E-state index in [4.69, 9.17) is 4.42 Å². The Bertz CT molecular complexity index is 576. The fourth-order valence-electron chi connectivity index (χ4n) is 1.65. The van der Waals surface area contributed by atoms with E-state index in [0.717, 1.165) is 0 Å². The lowest BCUT2D eigenvalue weighted by Gasteiger charge is -2.05. The first-order valence-electron chi connectivity index (χ1n) is 5.78. The third-order valence-corrected chi connectivity index (χ3v) is 2.56. The van der Waals surface area contributed by atoms with Gasteiger partial charge in [-0.2, -0.15) is 8.78 Å². The minimum Gasteiger partial charge on any atom is -0.458 e. The molecule has 0 saturated carbocycles. The van der Waals surface area contributed by atoms with Crippen LogP contribution in [0.3, 0.4) is 0 Å². The molecule has 0 amide bonds. The van der Waals surface area contributed by atoms with Gasteiger partial charge in [0.05, 0.1) is 0 Å². The van der Waals surface area contributed by atoms with Crippen LogP contribution in [0, 0.1) is 0 Å². The molecule has 2 rings (SSSR count). The molecule has 5 heteroatoms. The number of carbonyl (C=O) groups is 1. The predicted octanol–water partition coefficient (Wildman–Crippen LogP) is 3.67. The van der Waals surface area contributed by atoms with Crippen LogP contribution < -0.4 is 4.74 Å². The number of ketones is 1. The average Bonchev–Trinajstić information content (AvgIpc) is 2.86. The summed E-state index contributed by atoms with van der Waals surface area (Å²) in [7, 11) is 0. The van der Waals surface area contributed by atoms with Gasteiger partial charge in [0, 0.05) is 12.0 Å². The molecule has 0 aliphatic carbocycles. The number of aryl methyl sites for hydroxylation is 1. The van der Waals surface area contributed by atoms with Gasteiger partial charge in [-0.3, -0.25) is 4.79 Å². The molecule has 2 aromatic rings. The van der Waals surface area contributed by atoms with Crippen LogP contribution in [0.5, 0.6) is 5.75 Å². The van der Waals surface area contributed by atoms with Gasteiger partial charge in [0.1, 0.15) is 11.5 Å². The highest BCUT2D eigenvalue weighted by Gasteiger charge is 2.15. The van der Waals surface area contributed by atoms with Gasteiger partial charge in [0.15, 0.2) is 5.76 Å². The van der Waals surface area contributed by atoms with Gasteiger partial charge >= 0.3 is 6.61 Å². The van der Waals surface area contributed by atoms with Crippen molar-refractivity contribution in [3.05, 3.63) is 53.5 Å². The van der Waals surface area contributed by atoms with Crippen LogP contribution in [-0.4, -0.2) is 12.4 Å². The topological polar surface area (TPSA) is 39.4 Å². The Labute approximate surface area is 108 Å². The summed E-state index contributed by atoms with van der Waals surface area (Å²) in [4.78, 5) is 12.1. The van der Waals surface area contributed by atoms with Crippen molar-refractivity contribution in [1.82, 2.24) is 0 Å². The van der Waals surface area contributed by atoms with E-state index in [9.17, 15) is 13.6 Å². The largest absolute Gasteiger partial charge is 0.458 e. The van der Waals surface area contributed by atoms with Crippen molar-refractivity contribution >= 4 is 5.78 Å². The Balaban J connectivity index is 2.23. The number of carbonyl (C=O) groups excluding carboxylic acids is 1. The number of benzene rings is 1. The molecule has 0 bridgehead atoms. The smallest absolute Gasteiger partial charge is 0.387 e. The molecule has 0 saturated heterocycles. The van der Waals surface area contributed by atoms with Crippen molar-refractivity contribution in [2.75, 3.05) is 0 Å². The van der Waals surface area contributed by atoms with E-state index >= 15 is 0 Å². The molecule has 0 aliphatic rings. The number of rotatable bonds is 5. The highest BCUT2D eigenvalue weighted by molar-refractivity contribution is 6.07. The molecule has 0 N–H and O–H groups in total. The zero-order valence-corrected chi connectivity index (χ0v) is 10.2. The fraction of sp³-hybridized carbons (Fsp3) is 0.214. The number of alkyl halides is 2. The molecule has 0 spiro atoms. The van der Waals surface area contributed by atoms with Crippen LogP contribution in [0.2, 0.25) is 0 Å². The summed E-state index contributed by atoms with van der Waals surface area (Å²) in [6.07, 6.45) is 0.682. The van der Waals surface area contributed by atoms with E-state index in [1.165, 1.54) is 24.3 Å². The van der Waals surface area contributed by atoms with Crippen LogP contribution in [-0.2, 0) is 6.42 Å². The van der Waals surface area contributed by atoms with E-state index in [-0.39, 0.29) is 22.9 Å². The predicted molar refractivity (Wildman–Crippen MR) is 64.6 cm³/mol. The number of hydrogen-bond acceptors (Lipinski definition) is 3. The summed E-state index contributed by atoms with van der Waals surface area (Å²) in [6, 6.07) is 8.92. The third-order valence-electron chi connectivity index (χ3n) is 2.56. The fourth-order valence-corrected chi connectivity index (χ4v) is 1.65. The van der Waals surface area contributed by atoms with Gasteiger partial charge in [-0.15, -0.1) is 0 Å². The Morgan fingerprint density at radius 1 is 1.32 bits per heavy atom. The lowest BCUT2D eigenvalue weighted by atomic mass is 10.1. The highest BCUT2D eigenvalue weighted by Crippen LogP contribution is 2.19. The summed E-state index contributed by atoms with van der Waals surface area (Å²) >= 11 is 0. The zero-order valence-electron chi connectivity index (χ0n) is 10.2. The molecule has 0 radical (unpaired) electrons. The Morgan fingerprint density at radius 2 is 2.11 bits per heavy atom. The zero-order chi connectivity index (χ0) is 13.8. The first-order chi connectivity index (χ1) is 9.10. The second kappa shape index (κ2) is 5.65. The average molecular weight is 266 g/mol. The summed E-state index contributed by atoms with van der Waals surface area (Å²) < 4.78 is 33.8. The number of halogens is 2. The molecule has 1 heterocycles. The molecular weight excluding hydrogens is 254 g/mol. The molecule has 0 fully saturated rings. The molecule has 0 unspecified atom stereocenters.